The van der Waals surface area contributed by atoms with Gasteiger partial charge < -0.3 is 15.0 Å². The van der Waals surface area contributed by atoms with Crippen LogP contribution in [0.4, 0.5) is 0 Å². The highest BCUT2D eigenvalue weighted by molar-refractivity contribution is 4.90. The van der Waals surface area contributed by atoms with Crippen LogP contribution in [0.25, 0.3) is 0 Å². The van der Waals surface area contributed by atoms with Crippen LogP contribution >= 0.6 is 0 Å². The van der Waals surface area contributed by atoms with Crippen molar-refractivity contribution in [3.8, 4) is 0 Å². The molecule has 1 N–H and O–H groups in total. The van der Waals surface area contributed by atoms with E-state index < -0.39 is 0 Å². The molecular formula is C14H27N3O. The molecule has 0 aromatic rings. The van der Waals surface area contributed by atoms with Gasteiger partial charge >= 0.3 is 0 Å². The lowest BCUT2D eigenvalue weighted by Gasteiger charge is -2.40. The maximum atomic E-state index is 5.95. The van der Waals surface area contributed by atoms with Gasteiger partial charge in [0, 0.05) is 52.4 Å². The lowest BCUT2D eigenvalue weighted by Crippen LogP contribution is -2.59. The van der Waals surface area contributed by atoms with Gasteiger partial charge in [0.05, 0.1) is 12.2 Å². The quantitative estimate of drug-likeness (QED) is 0.741. The van der Waals surface area contributed by atoms with E-state index in [1.165, 1.54) is 45.6 Å². The fourth-order valence-electron chi connectivity index (χ4n) is 2.86. The third-order valence-corrected chi connectivity index (χ3v) is 4.53. The van der Waals surface area contributed by atoms with E-state index in [4.69, 9.17) is 4.74 Å². The average Bonchev–Trinajstić information content (AvgIpc) is 3.13. The van der Waals surface area contributed by atoms with Crippen molar-refractivity contribution in [2.24, 2.45) is 5.92 Å². The minimum absolute atomic E-state index is 0.119. The van der Waals surface area contributed by atoms with Crippen molar-refractivity contribution in [1.29, 1.82) is 0 Å². The van der Waals surface area contributed by atoms with Gasteiger partial charge in [-0.25, -0.2) is 0 Å². The highest BCUT2D eigenvalue weighted by Crippen LogP contribution is 2.29. The molecule has 0 radical (unpaired) electrons. The number of nitrogens with zero attached hydrogens (tertiary/aromatic N) is 2. The summed E-state index contributed by atoms with van der Waals surface area (Å²) in [5.41, 5.74) is 0.119. The maximum absolute atomic E-state index is 5.95. The number of ether oxygens (including phenoxy) is 1. The summed E-state index contributed by atoms with van der Waals surface area (Å²) in [6, 6.07) is 0. The molecule has 1 aliphatic carbocycles. The standard InChI is InChI=1S/C14H27N3O/c1-14(11-15-12-14)18-9-8-16-4-6-17(7-5-16)10-13-2-3-13/h13,15H,2-12H2,1H3. The first kappa shape index (κ1) is 12.9. The number of piperazine rings is 1. The van der Waals surface area contributed by atoms with Gasteiger partial charge in [-0.1, -0.05) is 0 Å². The molecule has 0 unspecified atom stereocenters. The van der Waals surface area contributed by atoms with Gasteiger partial charge in [-0.2, -0.15) is 0 Å². The molecule has 3 rings (SSSR count). The topological polar surface area (TPSA) is 27.7 Å². The Balaban J connectivity index is 1.28. The third-order valence-electron chi connectivity index (χ3n) is 4.53. The monoisotopic (exact) mass is 253 g/mol. The molecule has 0 amide bonds. The first-order valence-electron chi connectivity index (χ1n) is 7.53. The molecule has 18 heavy (non-hydrogen) atoms. The predicted molar refractivity (Wildman–Crippen MR) is 72.8 cm³/mol. The molecule has 0 bridgehead atoms. The molecule has 0 aromatic heterocycles. The normalized spacial score (nSPS) is 29.2. The minimum Gasteiger partial charge on any atom is -0.371 e. The van der Waals surface area contributed by atoms with E-state index in [1.54, 1.807) is 0 Å². The molecule has 0 aromatic carbocycles. The van der Waals surface area contributed by atoms with Gasteiger partial charge in [0.1, 0.15) is 0 Å². The smallest absolute Gasteiger partial charge is 0.0902 e. The lowest BCUT2D eigenvalue weighted by molar-refractivity contribution is -0.0741. The van der Waals surface area contributed by atoms with E-state index in [1.807, 2.05) is 0 Å². The Morgan fingerprint density at radius 3 is 2.33 bits per heavy atom. The molecule has 3 fully saturated rings. The summed E-state index contributed by atoms with van der Waals surface area (Å²) in [5, 5.41) is 3.27. The van der Waals surface area contributed by atoms with Crippen molar-refractivity contribution in [3.05, 3.63) is 0 Å². The lowest BCUT2D eigenvalue weighted by atomic mass is 10.0. The van der Waals surface area contributed by atoms with Crippen LogP contribution in [0.3, 0.4) is 0 Å². The molecule has 2 saturated heterocycles. The van der Waals surface area contributed by atoms with Crippen LogP contribution in [0.1, 0.15) is 19.8 Å². The van der Waals surface area contributed by atoms with E-state index in [2.05, 4.69) is 22.0 Å². The zero-order chi connectivity index (χ0) is 12.4. The summed E-state index contributed by atoms with van der Waals surface area (Å²) < 4.78 is 5.95. The third kappa shape index (κ3) is 3.44. The molecular weight excluding hydrogens is 226 g/mol. The van der Waals surface area contributed by atoms with Crippen molar-refractivity contribution in [2.45, 2.75) is 25.4 Å². The van der Waals surface area contributed by atoms with Gasteiger partial charge in [0.25, 0.3) is 0 Å². The molecule has 1 saturated carbocycles. The van der Waals surface area contributed by atoms with Crippen molar-refractivity contribution in [2.75, 3.05) is 59.0 Å². The largest absolute Gasteiger partial charge is 0.371 e. The molecule has 104 valence electrons. The second kappa shape index (κ2) is 5.45. The van der Waals surface area contributed by atoms with E-state index in [9.17, 15) is 0 Å². The summed E-state index contributed by atoms with van der Waals surface area (Å²) in [7, 11) is 0. The van der Waals surface area contributed by atoms with Crippen LogP contribution < -0.4 is 5.32 Å². The first-order chi connectivity index (χ1) is 8.73. The molecule has 2 aliphatic heterocycles. The van der Waals surface area contributed by atoms with E-state index >= 15 is 0 Å². The summed E-state index contributed by atoms with van der Waals surface area (Å²) in [6.07, 6.45) is 2.95. The van der Waals surface area contributed by atoms with Crippen LogP contribution in [0.5, 0.6) is 0 Å². The molecule has 4 nitrogen and oxygen atoms in total. The van der Waals surface area contributed by atoms with Crippen LogP contribution in [0, 0.1) is 5.92 Å². The Labute approximate surface area is 111 Å². The zero-order valence-corrected chi connectivity index (χ0v) is 11.7. The maximum Gasteiger partial charge on any atom is 0.0902 e. The van der Waals surface area contributed by atoms with Crippen molar-refractivity contribution in [3.63, 3.8) is 0 Å². The Kier molecular flexibility index (Phi) is 3.89. The zero-order valence-electron chi connectivity index (χ0n) is 11.7. The van der Waals surface area contributed by atoms with Crippen LogP contribution in [-0.4, -0.2) is 74.4 Å². The Morgan fingerprint density at radius 1 is 1.11 bits per heavy atom. The molecule has 4 heteroatoms. The number of rotatable bonds is 6. The highest BCUT2D eigenvalue weighted by atomic mass is 16.5. The SMILES string of the molecule is CC1(OCCN2CCN(CC3CC3)CC2)CNC1. The van der Waals surface area contributed by atoms with Crippen LogP contribution in [-0.2, 0) is 4.74 Å². The van der Waals surface area contributed by atoms with E-state index in [0.717, 1.165) is 32.2 Å². The van der Waals surface area contributed by atoms with Gasteiger partial charge in [0.15, 0.2) is 0 Å². The number of nitrogens with one attached hydrogen (secondary N) is 1. The van der Waals surface area contributed by atoms with Crippen LogP contribution in [0.15, 0.2) is 0 Å². The highest BCUT2D eigenvalue weighted by Gasteiger charge is 2.32. The van der Waals surface area contributed by atoms with Gasteiger partial charge in [-0.05, 0) is 25.7 Å². The van der Waals surface area contributed by atoms with Gasteiger partial charge in [-0.3, -0.25) is 4.90 Å². The van der Waals surface area contributed by atoms with Crippen molar-refractivity contribution < 1.29 is 4.74 Å². The minimum atomic E-state index is 0.119. The summed E-state index contributed by atoms with van der Waals surface area (Å²) in [4.78, 5) is 5.20. The van der Waals surface area contributed by atoms with Gasteiger partial charge in [0.2, 0.25) is 0 Å². The van der Waals surface area contributed by atoms with Crippen molar-refractivity contribution in [1.82, 2.24) is 15.1 Å². The number of hydrogen-bond donors (Lipinski definition) is 1. The molecule has 2 heterocycles. The second-order valence-corrected chi connectivity index (χ2v) is 6.49. The van der Waals surface area contributed by atoms with Crippen molar-refractivity contribution >= 4 is 0 Å². The second-order valence-electron chi connectivity index (χ2n) is 6.49. The fourth-order valence-corrected chi connectivity index (χ4v) is 2.86. The van der Waals surface area contributed by atoms with E-state index in [0.29, 0.717) is 0 Å². The Hall–Kier alpha value is -0.160. The predicted octanol–water partition coefficient (Wildman–Crippen LogP) is 0.393. The summed E-state index contributed by atoms with van der Waals surface area (Å²) >= 11 is 0. The van der Waals surface area contributed by atoms with Crippen LogP contribution in [0.2, 0.25) is 0 Å². The first-order valence-corrected chi connectivity index (χ1v) is 7.53. The number of hydrogen-bond acceptors (Lipinski definition) is 4. The van der Waals surface area contributed by atoms with Gasteiger partial charge in [-0.15, -0.1) is 0 Å². The van der Waals surface area contributed by atoms with E-state index in [-0.39, 0.29) is 5.60 Å². The molecule has 0 atom stereocenters. The fraction of sp³-hybridized carbons (Fsp3) is 1.00. The summed E-state index contributed by atoms with van der Waals surface area (Å²) in [5.74, 6) is 1.03. The summed E-state index contributed by atoms with van der Waals surface area (Å²) in [6.45, 7) is 12.6. The molecule has 0 spiro atoms. The Bertz CT molecular complexity index is 268. The Morgan fingerprint density at radius 2 is 1.78 bits per heavy atom. The average molecular weight is 253 g/mol. The molecule has 3 aliphatic rings.